The van der Waals surface area contributed by atoms with Gasteiger partial charge in [-0.25, -0.2) is 9.78 Å². The number of ether oxygens (including phenoxy) is 1. The second-order valence-electron chi connectivity index (χ2n) is 6.65. The number of rotatable bonds is 5. The molecule has 0 aromatic carbocycles. The molecule has 0 aliphatic heterocycles. The minimum Gasteiger partial charge on any atom is -0.444 e. The molecule has 0 saturated heterocycles. The first-order valence-electron chi connectivity index (χ1n) is 7.26. The standard InChI is InChI=1S/C15H28N4O2/c1-11(18(6)7)9-19-10-16-8-13(19)12(2)17-14(20)21-15(3,4)5/h8,10-12H,9H2,1-7H3,(H,17,20)/t11?,12-/m0/s1. The van der Waals surface area contributed by atoms with Crippen LogP contribution in [0.1, 0.15) is 46.4 Å². The van der Waals surface area contributed by atoms with E-state index >= 15 is 0 Å². The number of carbonyl (C=O) groups excluding carboxylic acids is 1. The zero-order valence-corrected chi connectivity index (χ0v) is 14.2. The van der Waals surface area contributed by atoms with Crippen molar-refractivity contribution in [2.45, 2.75) is 58.8 Å². The minimum atomic E-state index is -0.497. The highest BCUT2D eigenvalue weighted by atomic mass is 16.6. The van der Waals surface area contributed by atoms with Crippen molar-refractivity contribution in [2.24, 2.45) is 0 Å². The average molecular weight is 296 g/mol. The Morgan fingerprint density at radius 1 is 1.43 bits per heavy atom. The van der Waals surface area contributed by atoms with Crippen LogP contribution in [0.3, 0.4) is 0 Å². The van der Waals surface area contributed by atoms with E-state index < -0.39 is 11.7 Å². The van der Waals surface area contributed by atoms with Crippen LogP contribution in [-0.4, -0.2) is 46.3 Å². The second-order valence-corrected chi connectivity index (χ2v) is 6.65. The van der Waals surface area contributed by atoms with Crippen LogP contribution in [0, 0.1) is 0 Å². The Kier molecular flexibility index (Phi) is 5.78. The second kappa shape index (κ2) is 6.93. The molecule has 6 heteroatoms. The molecule has 0 aliphatic carbocycles. The van der Waals surface area contributed by atoms with E-state index in [1.807, 2.05) is 41.8 Å². The molecule has 1 aromatic rings. The van der Waals surface area contributed by atoms with E-state index in [1.54, 1.807) is 12.5 Å². The van der Waals surface area contributed by atoms with Crippen molar-refractivity contribution in [2.75, 3.05) is 14.1 Å². The van der Waals surface area contributed by atoms with Crippen LogP contribution in [0.2, 0.25) is 0 Å². The molecule has 2 atom stereocenters. The Morgan fingerprint density at radius 2 is 2.05 bits per heavy atom. The Morgan fingerprint density at radius 3 is 2.57 bits per heavy atom. The number of hydrogen-bond donors (Lipinski definition) is 1. The van der Waals surface area contributed by atoms with Gasteiger partial charge in [-0.2, -0.15) is 0 Å². The number of likely N-dealkylation sites (N-methyl/N-ethyl adjacent to an activating group) is 1. The fraction of sp³-hybridized carbons (Fsp3) is 0.733. The predicted octanol–water partition coefficient (Wildman–Crippen LogP) is 2.42. The van der Waals surface area contributed by atoms with Gasteiger partial charge in [-0.3, -0.25) is 0 Å². The van der Waals surface area contributed by atoms with Gasteiger partial charge in [0, 0.05) is 12.6 Å². The van der Waals surface area contributed by atoms with Gasteiger partial charge in [-0.15, -0.1) is 0 Å². The summed E-state index contributed by atoms with van der Waals surface area (Å²) in [5, 5.41) is 2.85. The number of amides is 1. The van der Waals surface area contributed by atoms with Crippen LogP contribution in [0.15, 0.2) is 12.5 Å². The van der Waals surface area contributed by atoms with E-state index in [1.165, 1.54) is 0 Å². The van der Waals surface area contributed by atoms with Crippen molar-refractivity contribution in [1.29, 1.82) is 0 Å². The molecule has 0 fully saturated rings. The maximum Gasteiger partial charge on any atom is 0.408 e. The summed E-state index contributed by atoms with van der Waals surface area (Å²) < 4.78 is 7.34. The van der Waals surface area contributed by atoms with Crippen LogP contribution in [-0.2, 0) is 11.3 Å². The Hall–Kier alpha value is -1.56. The fourth-order valence-electron chi connectivity index (χ4n) is 1.85. The summed E-state index contributed by atoms with van der Waals surface area (Å²) in [6.45, 7) is 10.4. The number of alkyl carbamates (subject to hydrolysis) is 1. The Balaban J connectivity index is 2.69. The van der Waals surface area contributed by atoms with Crippen molar-refractivity contribution in [3.63, 3.8) is 0 Å². The molecule has 1 N–H and O–H groups in total. The van der Waals surface area contributed by atoms with E-state index in [4.69, 9.17) is 4.74 Å². The molecule has 1 unspecified atom stereocenters. The van der Waals surface area contributed by atoms with Gasteiger partial charge in [0.1, 0.15) is 5.60 Å². The summed E-state index contributed by atoms with van der Waals surface area (Å²) in [6.07, 6.45) is 3.16. The van der Waals surface area contributed by atoms with E-state index in [9.17, 15) is 4.79 Å². The molecule has 21 heavy (non-hydrogen) atoms. The van der Waals surface area contributed by atoms with Gasteiger partial charge in [0.25, 0.3) is 0 Å². The van der Waals surface area contributed by atoms with Crippen molar-refractivity contribution >= 4 is 6.09 Å². The largest absolute Gasteiger partial charge is 0.444 e. The van der Waals surface area contributed by atoms with Crippen molar-refractivity contribution in [3.05, 3.63) is 18.2 Å². The molecule has 0 spiro atoms. The Bertz CT molecular complexity index is 462. The molecule has 1 aromatic heterocycles. The summed E-state index contributed by atoms with van der Waals surface area (Å²) in [5.74, 6) is 0. The van der Waals surface area contributed by atoms with E-state index in [0.29, 0.717) is 6.04 Å². The van der Waals surface area contributed by atoms with Crippen molar-refractivity contribution in [1.82, 2.24) is 19.8 Å². The van der Waals surface area contributed by atoms with Crippen LogP contribution in [0.5, 0.6) is 0 Å². The van der Waals surface area contributed by atoms with Gasteiger partial charge >= 0.3 is 6.09 Å². The molecule has 1 rings (SSSR count). The lowest BCUT2D eigenvalue weighted by Gasteiger charge is -2.24. The van der Waals surface area contributed by atoms with Gasteiger partial charge in [-0.1, -0.05) is 0 Å². The average Bonchev–Trinajstić information content (AvgIpc) is 2.73. The Labute approximate surface area is 127 Å². The van der Waals surface area contributed by atoms with Crippen LogP contribution < -0.4 is 5.32 Å². The smallest absolute Gasteiger partial charge is 0.408 e. The third kappa shape index (κ3) is 5.75. The molecule has 120 valence electrons. The number of nitrogens with zero attached hydrogens (tertiary/aromatic N) is 3. The van der Waals surface area contributed by atoms with Gasteiger partial charge in [-0.05, 0) is 48.7 Å². The number of hydrogen-bond acceptors (Lipinski definition) is 4. The van der Waals surface area contributed by atoms with Gasteiger partial charge in [0.15, 0.2) is 0 Å². The molecule has 0 aliphatic rings. The highest BCUT2D eigenvalue weighted by Crippen LogP contribution is 2.15. The minimum absolute atomic E-state index is 0.156. The summed E-state index contributed by atoms with van der Waals surface area (Å²) in [4.78, 5) is 18.2. The lowest BCUT2D eigenvalue weighted by atomic mass is 10.2. The molecule has 1 amide bonds. The molecule has 6 nitrogen and oxygen atoms in total. The highest BCUT2D eigenvalue weighted by molar-refractivity contribution is 5.68. The SMILES string of the molecule is CC(Cn1cncc1[C@H](C)NC(=O)OC(C)(C)C)N(C)C. The summed E-state index contributed by atoms with van der Waals surface area (Å²) in [7, 11) is 4.09. The van der Waals surface area contributed by atoms with Crippen LogP contribution in [0.25, 0.3) is 0 Å². The van der Waals surface area contributed by atoms with Crippen LogP contribution in [0.4, 0.5) is 4.79 Å². The van der Waals surface area contributed by atoms with E-state index in [0.717, 1.165) is 12.2 Å². The fourth-order valence-corrected chi connectivity index (χ4v) is 1.85. The number of imidazole rings is 1. The number of aromatic nitrogens is 2. The lowest BCUT2D eigenvalue weighted by molar-refractivity contribution is 0.0506. The maximum absolute atomic E-state index is 11.8. The maximum atomic E-state index is 11.8. The summed E-state index contributed by atoms with van der Waals surface area (Å²) in [6, 6.07) is 0.225. The summed E-state index contributed by atoms with van der Waals surface area (Å²) >= 11 is 0. The lowest BCUT2D eigenvalue weighted by Crippen LogP contribution is -2.35. The molecule has 0 saturated carbocycles. The first-order chi connectivity index (χ1) is 9.60. The highest BCUT2D eigenvalue weighted by Gasteiger charge is 2.20. The van der Waals surface area contributed by atoms with Crippen molar-refractivity contribution < 1.29 is 9.53 Å². The molecular weight excluding hydrogens is 268 g/mol. The number of carbonyl (C=O) groups is 1. The van der Waals surface area contributed by atoms with E-state index in [-0.39, 0.29) is 6.04 Å². The third-order valence-electron chi connectivity index (χ3n) is 3.26. The zero-order valence-electron chi connectivity index (χ0n) is 14.2. The molecule has 0 radical (unpaired) electrons. The third-order valence-corrected chi connectivity index (χ3v) is 3.26. The predicted molar refractivity (Wildman–Crippen MR) is 83.2 cm³/mol. The quantitative estimate of drug-likeness (QED) is 0.906. The number of nitrogens with one attached hydrogen (secondary N) is 1. The molecule has 0 bridgehead atoms. The summed E-state index contributed by atoms with van der Waals surface area (Å²) in [5.41, 5.74) is 0.471. The van der Waals surface area contributed by atoms with Gasteiger partial charge < -0.3 is 19.5 Å². The topological polar surface area (TPSA) is 59.4 Å². The molecular formula is C15H28N4O2. The van der Waals surface area contributed by atoms with Gasteiger partial charge in [0.2, 0.25) is 0 Å². The normalized spacial score (nSPS) is 14.9. The molecule has 1 heterocycles. The van der Waals surface area contributed by atoms with Crippen molar-refractivity contribution in [3.8, 4) is 0 Å². The first-order valence-corrected chi connectivity index (χ1v) is 7.26. The first kappa shape index (κ1) is 17.5. The van der Waals surface area contributed by atoms with Gasteiger partial charge in [0.05, 0.1) is 24.3 Å². The monoisotopic (exact) mass is 296 g/mol. The zero-order chi connectivity index (χ0) is 16.2. The van der Waals surface area contributed by atoms with Crippen LogP contribution >= 0.6 is 0 Å². The van der Waals surface area contributed by atoms with E-state index in [2.05, 4.69) is 26.7 Å².